The predicted octanol–water partition coefficient (Wildman–Crippen LogP) is 3.49. The summed E-state index contributed by atoms with van der Waals surface area (Å²) in [4.78, 5) is 19.1. The lowest BCUT2D eigenvalue weighted by atomic mass is 10.00. The van der Waals surface area contributed by atoms with Crippen LogP contribution in [0, 0.1) is 0 Å². The van der Waals surface area contributed by atoms with E-state index >= 15 is 0 Å². The summed E-state index contributed by atoms with van der Waals surface area (Å²) >= 11 is 0.472. The first-order valence-corrected chi connectivity index (χ1v) is 8.24. The summed E-state index contributed by atoms with van der Waals surface area (Å²) in [5.41, 5.74) is 0.495. The number of nitrogens with one attached hydrogen (secondary N) is 1. The van der Waals surface area contributed by atoms with Gasteiger partial charge in [-0.2, -0.15) is 13.9 Å². The molecule has 1 aromatic carbocycles. The van der Waals surface area contributed by atoms with Crippen molar-refractivity contribution in [2.75, 3.05) is 6.54 Å². The van der Waals surface area contributed by atoms with Crippen molar-refractivity contribution in [1.82, 2.24) is 20.1 Å². The lowest BCUT2D eigenvalue weighted by Crippen LogP contribution is -2.39. The Labute approximate surface area is 136 Å². The van der Waals surface area contributed by atoms with Crippen LogP contribution in [0.1, 0.15) is 41.5 Å². The fourth-order valence-electron chi connectivity index (χ4n) is 2.78. The summed E-state index contributed by atoms with van der Waals surface area (Å²) in [5, 5.41) is 6.69. The average Bonchev–Trinajstić information content (AvgIpc) is 3.09. The molecule has 8 heteroatoms. The molecule has 1 aromatic heterocycles. The highest BCUT2D eigenvalue weighted by molar-refractivity contribution is 7.99. The van der Waals surface area contributed by atoms with Gasteiger partial charge in [-0.05, 0) is 43.5 Å². The number of hydrogen-bond acceptors (Lipinski definition) is 4. The first-order valence-electron chi connectivity index (χ1n) is 7.36. The molecule has 2 heterocycles. The molecule has 0 radical (unpaired) electrons. The molecule has 0 aliphatic carbocycles. The Bertz CT molecular complexity index is 648. The molecule has 5 nitrogen and oxygen atoms in total. The van der Waals surface area contributed by atoms with Gasteiger partial charge < -0.3 is 4.90 Å². The summed E-state index contributed by atoms with van der Waals surface area (Å²) in [5.74, 6) is -1.89. The lowest BCUT2D eigenvalue weighted by Gasteiger charge is -2.34. The van der Waals surface area contributed by atoms with E-state index in [4.69, 9.17) is 0 Å². The number of aromatic nitrogens is 3. The Morgan fingerprint density at radius 1 is 1.30 bits per heavy atom. The van der Waals surface area contributed by atoms with Crippen LogP contribution in [0.25, 0.3) is 0 Å². The molecular weight excluding hydrogens is 322 g/mol. The molecule has 1 unspecified atom stereocenters. The zero-order valence-corrected chi connectivity index (χ0v) is 13.1. The van der Waals surface area contributed by atoms with Gasteiger partial charge in [0, 0.05) is 17.0 Å². The van der Waals surface area contributed by atoms with Crippen molar-refractivity contribution in [3.63, 3.8) is 0 Å². The summed E-state index contributed by atoms with van der Waals surface area (Å²) in [6.07, 6.45) is 4.23. The Balaban J connectivity index is 1.77. The highest BCUT2D eigenvalue weighted by Gasteiger charge is 2.30. The first kappa shape index (κ1) is 15.9. The van der Waals surface area contributed by atoms with Crippen LogP contribution < -0.4 is 0 Å². The minimum Gasteiger partial charge on any atom is -0.328 e. The van der Waals surface area contributed by atoms with E-state index in [1.807, 2.05) is 0 Å². The van der Waals surface area contributed by atoms with E-state index in [9.17, 15) is 13.6 Å². The minimum atomic E-state index is -2.46. The summed E-state index contributed by atoms with van der Waals surface area (Å²) < 4.78 is 24.7. The van der Waals surface area contributed by atoms with E-state index < -0.39 is 5.76 Å². The number of benzene rings is 1. The fourth-order valence-corrected chi connectivity index (χ4v) is 3.28. The molecular formula is C15H16F2N4OS. The number of alkyl halides is 2. The van der Waals surface area contributed by atoms with Crippen LogP contribution in [0.4, 0.5) is 8.78 Å². The molecule has 1 amide bonds. The lowest BCUT2D eigenvalue weighted by molar-refractivity contribution is 0.0600. The summed E-state index contributed by atoms with van der Waals surface area (Å²) in [6.45, 7) is 0.651. The molecule has 0 bridgehead atoms. The van der Waals surface area contributed by atoms with Gasteiger partial charge in [0.25, 0.3) is 11.7 Å². The van der Waals surface area contributed by atoms with Gasteiger partial charge in [-0.3, -0.25) is 9.89 Å². The third-order valence-electron chi connectivity index (χ3n) is 3.84. The second-order valence-corrected chi connectivity index (χ2v) is 6.35. The zero-order valence-electron chi connectivity index (χ0n) is 12.3. The van der Waals surface area contributed by atoms with E-state index in [0.717, 1.165) is 19.3 Å². The standard InChI is InChI=1S/C15H16F2N4OS/c16-15(17)23-11-6-4-10(5-7-11)14(22)21-8-2-1-3-12(21)13-18-9-19-20-13/h4-7,9,12,15H,1-3,8H2,(H,18,19,20). The molecule has 1 aliphatic rings. The smallest absolute Gasteiger partial charge is 0.288 e. The topological polar surface area (TPSA) is 61.9 Å². The maximum atomic E-state index is 12.7. The molecule has 2 aromatic rings. The van der Waals surface area contributed by atoms with Crippen molar-refractivity contribution >= 4 is 17.7 Å². The Kier molecular flexibility index (Phi) is 4.90. The van der Waals surface area contributed by atoms with Crippen molar-refractivity contribution in [2.45, 2.75) is 36.0 Å². The van der Waals surface area contributed by atoms with Gasteiger partial charge in [0.05, 0.1) is 6.04 Å². The van der Waals surface area contributed by atoms with Crippen LogP contribution >= 0.6 is 11.8 Å². The van der Waals surface area contributed by atoms with Gasteiger partial charge in [-0.1, -0.05) is 11.8 Å². The number of rotatable bonds is 4. The van der Waals surface area contributed by atoms with Gasteiger partial charge in [0.2, 0.25) is 0 Å². The molecule has 1 fully saturated rings. The highest BCUT2D eigenvalue weighted by Crippen LogP contribution is 2.31. The molecule has 1 atom stereocenters. The molecule has 0 spiro atoms. The molecule has 1 saturated heterocycles. The number of carbonyl (C=O) groups excluding carboxylic acids is 1. The van der Waals surface area contributed by atoms with Crippen LogP contribution in [0.5, 0.6) is 0 Å². The predicted molar refractivity (Wildman–Crippen MR) is 82.3 cm³/mol. The van der Waals surface area contributed by atoms with Crippen molar-refractivity contribution in [3.8, 4) is 0 Å². The van der Waals surface area contributed by atoms with Crippen molar-refractivity contribution in [1.29, 1.82) is 0 Å². The van der Waals surface area contributed by atoms with Crippen LogP contribution in [0.2, 0.25) is 0 Å². The molecule has 3 rings (SSSR count). The van der Waals surface area contributed by atoms with Gasteiger partial charge in [0.15, 0.2) is 0 Å². The van der Waals surface area contributed by atoms with Crippen LogP contribution in [0.15, 0.2) is 35.5 Å². The maximum absolute atomic E-state index is 12.7. The number of hydrogen-bond donors (Lipinski definition) is 1. The summed E-state index contributed by atoms with van der Waals surface area (Å²) in [6, 6.07) is 6.18. The Hall–Kier alpha value is -1.96. The van der Waals surface area contributed by atoms with E-state index in [1.54, 1.807) is 29.2 Å². The maximum Gasteiger partial charge on any atom is 0.288 e. The number of halogens is 2. The van der Waals surface area contributed by atoms with E-state index in [0.29, 0.717) is 34.6 Å². The number of aromatic amines is 1. The first-order chi connectivity index (χ1) is 11.1. The number of carbonyl (C=O) groups is 1. The van der Waals surface area contributed by atoms with Gasteiger partial charge in [-0.25, -0.2) is 4.98 Å². The Morgan fingerprint density at radius 3 is 2.74 bits per heavy atom. The van der Waals surface area contributed by atoms with Crippen molar-refractivity contribution in [2.24, 2.45) is 0 Å². The quantitative estimate of drug-likeness (QED) is 0.867. The number of thioether (sulfide) groups is 1. The molecule has 1 N–H and O–H groups in total. The van der Waals surface area contributed by atoms with E-state index in [2.05, 4.69) is 15.2 Å². The fraction of sp³-hybridized carbons (Fsp3) is 0.400. The largest absolute Gasteiger partial charge is 0.328 e. The number of H-pyrrole nitrogens is 1. The molecule has 23 heavy (non-hydrogen) atoms. The number of likely N-dealkylation sites (tertiary alicyclic amines) is 1. The Morgan fingerprint density at radius 2 is 2.09 bits per heavy atom. The second-order valence-electron chi connectivity index (χ2n) is 5.28. The van der Waals surface area contributed by atoms with E-state index in [-0.39, 0.29) is 11.9 Å². The second kappa shape index (κ2) is 7.08. The molecule has 122 valence electrons. The number of piperidine rings is 1. The van der Waals surface area contributed by atoms with Gasteiger partial charge in [0.1, 0.15) is 12.2 Å². The zero-order chi connectivity index (χ0) is 16.2. The minimum absolute atomic E-state index is 0.111. The van der Waals surface area contributed by atoms with Gasteiger partial charge >= 0.3 is 0 Å². The van der Waals surface area contributed by atoms with E-state index in [1.165, 1.54) is 6.33 Å². The molecule has 1 aliphatic heterocycles. The summed E-state index contributed by atoms with van der Waals surface area (Å²) in [7, 11) is 0. The van der Waals surface area contributed by atoms with Gasteiger partial charge in [-0.15, -0.1) is 0 Å². The average molecular weight is 338 g/mol. The normalized spacial score (nSPS) is 18.4. The monoisotopic (exact) mass is 338 g/mol. The third-order valence-corrected chi connectivity index (χ3v) is 4.56. The molecule has 0 saturated carbocycles. The number of amides is 1. The number of nitrogens with zero attached hydrogens (tertiary/aromatic N) is 3. The van der Waals surface area contributed by atoms with Crippen LogP contribution in [-0.4, -0.2) is 38.3 Å². The SMILES string of the molecule is O=C(c1ccc(SC(F)F)cc1)N1CCCCC1c1ncn[nH]1. The highest BCUT2D eigenvalue weighted by atomic mass is 32.2. The van der Waals surface area contributed by atoms with Crippen molar-refractivity contribution < 1.29 is 13.6 Å². The van der Waals surface area contributed by atoms with Crippen molar-refractivity contribution in [3.05, 3.63) is 42.0 Å². The van der Waals surface area contributed by atoms with Crippen LogP contribution in [0.3, 0.4) is 0 Å². The third kappa shape index (κ3) is 3.69. The van der Waals surface area contributed by atoms with Crippen LogP contribution in [-0.2, 0) is 0 Å².